The number of imide groups is 1. The molecule has 8 heteroatoms. The molecular formula is C23H27N3O5. The van der Waals surface area contributed by atoms with E-state index in [2.05, 4.69) is 10.6 Å². The summed E-state index contributed by atoms with van der Waals surface area (Å²) in [5.41, 5.74) is 0.758. The van der Waals surface area contributed by atoms with Gasteiger partial charge in [-0.15, -0.1) is 0 Å². The molecule has 0 spiro atoms. The van der Waals surface area contributed by atoms with Crippen molar-refractivity contribution in [2.45, 2.75) is 38.2 Å². The van der Waals surface area contributed by atoms with Crippen LogP contribution in [0.2, 0.25) is 0 Å². The molecule has 8 nitrogen and oxygen atoms in total. The number of nitrogens with zero attached hydrogens (tertiary/aromatic N) is 1. The number of likely N-dealkylation sites (tertiary alicyclic amines) is 1. The zero-order valence-corrected chi connectivity index (χ0v) is 17.3. The van der Waals surface area contributed by atoms with E-state index in [0.29, 0.717) is 37.2 Å². The Bertz CT molecular complexity index is 880. The van der Waals surface area contributed by atoms with Crippen molar-refractivity contribution in [1.29, 1.82) is 0 Å². The largest absolute Gasteiger partial charge is 0.376 e. The average molecular weight is 425 g/mol. The Morgan fingerprint density at radius 2 is 1.77 bits per heavy atom. The van der Waals surface area contributed by atoms with Crippen molar-refractivity contribution < 1.29 is 23.9 Å². The minimum atomic E-state index is -0.354. The second-order valence-electron chi connectivity index (χ2n) is 8.17. The molecule has 3 atom stereocenters. The summed E-state index contributed by atoms with van der Waals surface area (Å²) in [5, 5.41) is 5.60. The number of amides is 4. The van der Waals surface area contributed by atoms with E-state index in [1.807, 2.05) is 12.2 Å². The number of allylic oxidation sites excluding steroid dienone is 2. The van der Waals surface area contributed by atoms with Gasteiger partial charge in [-0.05, 0) is 37.8 Å². The van der Waals surface area contributed by atoms with E-state index in [4.69, 9.17) is 4.74 Å². The van der Waals surface area contributed by atoms with Gasteiger partial charge in [-0.3, -0.25) is 24.1 Å². The normalized spacial score (nSPS) is 24.9. The van der Waals surface area contributed by atoms with Crippen molar-refractivity contribution in [1.82, 2.24) is 10.2 Å². The minimum Gasteiger partial charge on any atom is -0.376 e. The number of ether oxygens (including phenoxy) is 1. The summed E-state index contributed by atoms with van der Waals surface area (Å²) in [6.45, 7) is 1.19. The first kappa shape index (κ1) is 21.2. The van der Waals surface area contributed by atoms with E-state index in [0.717, 1.165) is 12.8 Å². The summed E-state index contributed by atoms with van der Waals surface area (Å²) in [6.07, 6.45) is 6.94. The number of hydrogen-bond donors (Lipinski definition) is 2. The van der Waals surface area contributed by atoms with Crippen molar-refractivity contribution in [2.75, 3.05) is 25.0 Å². The smallest absolute Gasteiger partial charge is 0.253 e. The molecule has 2 aliphatic heterocycles. The highest BCUT2D eigenvalue weighted by molar-refractivity contribution is 6.06. The van der Waals surface area contributed by atoms with E-state index in [1.54, 1.807) is 24.3 Å². The predicted molar refractivity (Wildman–Crippen MR) is 113 cm³/mol. The molecular weight excluding hydrogens is 398 g/mol. The van der Waals surface area contributed by atoms with Crippen molar-refractivity contribution in [3.63, 3.8) is 0 Å². The monoisotopic (exact) mass is 425 g/mol. The van der Waals surface area contributed by atoms with E-state index in [-0.39, 0.29) is 54.5 Å². The lowest BCUT2D eigenvalue weighted by Gasteiger charge is -2.16. The third kappa shape index (κ3) is 4.69. The Morgan fingerprint density at radius 3 is 2.45 bits per heavy atom. The number of fused-ring (bicyclic) bond motifs is 1. The van der Waals surface area contributed by atoms with Gasteiger partial charge < -0.3 is 15.4 Å². The summed E-state index contributed by atoms with van der Waals surface area (Å²) < 4.78 is 5.52. The standard InChI is InChI=1S/C23H27N3O5/c27-20(11-12-26-22(29)16-7-1-2-8-17(16)23(26)30)25-19-10-4-3-9-18(19)21(28)24-14-15-6-5-13-31-15/h1-4,9-10,15-17H,5-8,11-14H2,(H,24,28)(H,25,27). The summed E-state index contributed by atoms with van der Waals surface area (Å²) in [6, 6.07) is 6.77. The number of hydrogen-bond acceptors (Lipinski definition) is 5. The van der Waals surface area contributed by atoms with Gasteiger partial charge in [0, 0.05) is 26.1 Å². The molecule has 1 aromatic carbocycles. The summed E-state index contributed by atoms with van der Waals surface area (Å²) in [4.78, 5) is 51.3. The Morgan fingerprint density at radius 1 is 1.06 bits per heavy atom. The fraction of sp³-hybridized carbons (Fsp3) is 0.478. The second kappa shape index (κ2) is 9.43. The number of carbonyl (C=O) groups is 4. The van der Waals surface area contributed by atoms with Gasteiger partial charge >= 0.3 is 0 Å². The Balaban J connectivity index is 1.32. The molecule has 2 fully saturated rings. The van der Waals surface area contributed by atoms with E-state index in [1.165, 1.54) is 4.90 Å². The zero-order chi connectivity index (χ0) is 21.8. The van der Waals surface area contributed by atoms with Crippen LogP contribution >= 0.6 is 0 Å². The first-order valence-electron chi connectivity index (χ1n) is 10.8. The Hall–Kier alpha value is -3.00. The van der Waals surface area contributed by atoms with E-state index >= 15 is 0 Å². The molecule has 2 heterocycles. The first-order valence-corrected chi connectivity index (χ1v) is 10.8. The van der Waals surface area contributed by atoms with Crippen LogP contribution in [0.5, 0.6) is 0 Å². The fourth-order valence-corrected chi connectivity index (χ4v) is 4.41. The van der Waals surface area contributed by atoms with Crippen molar-refractivity contribution in [3.05, 3.63) is 42.0 Å². The van der Waals surface area contributed by atoms with Gasteiger partial charge in [-0.1, -0.05) is 24.3 Å². The number of para-hydroxylation sites is 1. The maximum atomic E-state index is 12.6. The SMILES string of the molecule is O=C(CCN1C(=O)C2CC=CCC2C1=O)Nc1ccccc1C(=O)NCC1CCCO1. The van der Waals surface area contributed by atoms with Gasteiger partial charge in [-0.25, -0.2) is 0 Å². The van der Waals surface area contributed by atoms with Crippen LogP contribution in [0.4, 0.5) is 5.69 Å². The van der Waals surface area contributed by atoms with Crippen LogP contribution in [0.1, 0.15) is 42.5 Å². The molecule has 3 unspecified atom stereocenters. The van der Waals surface area contributed by atoms with E-state index in [9.17, 15) is 19.2 Å². The number of anilines is 1. The van der Waals surface area contributed by atoms with Gasteiger partial charge in [-0.2, -0.15) is 0 Å². The molecule has 0 aromatic heterocycles. The second-order valence-corrected chi connectivity index (χ2v) is 8.17. The van der Waals surface area contributed by atoms with E-state index < -0.39 is 0 Å². The lowest BCUT2D eigenvalue weighted by Crippen LogP contribution is -2.34. The number of carbonyl (C=O) groups excluding carboxylic acids is 4. The highest BCUT2D eigenvalue weighted by Crippen LogP contribution is 2.35. The Labute approximate surface area is 181 Å². The van der Waals surface area contributed by atoms with Crippen LogP contribution in [0.15, 0.2) is 36.4 Å². The Kier molecular flexibility index (Phi) is 6.46. The molecule has 2 N–H and O–H groups in total. The highest BCUT2D eigenvalue weighted by Gasteiger charge is 2.46. The molecule has 2 saturated heterocycles. The fourth-order valence-electron chi connectivity index (χ4n) is 4.41. The maximum absolute atomic E-state index is 12.6. The molecule has 0 saturated carbocycles. The number of nitrogens with one attached hydrogen (secondary N) is 2. The third-order valence-electron chi connectivity index (χ3n) is 6.12. The molecule has 0 bridgehead atoms. The first-order chi connectivity index (χ1) is 15.0. The zero-order valence-electron chi connectivity index (χ0n) is 17.3. The number of rotatable bonds is 7. The van der Waals surface area contributed by atoms with Crippen molar-refractivity contribution >= 4 is 29.3 Å². The quantitative estimate of drug-likeness (QED) is 0.513. The molecule has 0 radical (unpaired) electrons. The van der Waals surface area contributed by atoms with Gasteiger partial charge in [0.2, 0.25) is 17.7 Å². The van der Waals surface area contributed by atoms with Crippen LogP contribution in [0.3, 0.4) is 0 Å². The molecule has 3 aliphatic rings. The lowest BCUT2D eigenvalue weighted by atomic mass is 9.85. The van der Waals surface area contributed by atoms with Gasteiger partial charge in [0.1, 0.15) is 0 Å². The lowest BCUT2D eigenvalue weighted by molar-refractivity contribution is -0.140. The predicted octanol–water partition coefficient (Wildman–Crippen LogP) is 1.88. The highest BCUT2D eigenvalue weighted by atomic mass is 16.5. The van der Waals surface area contributed by atoms with Crippen LogP contribution in [-0.2, 0) is 19.1 Å². The summed E-state index contributed by atoms with van der Waals surface area (Å²) in [5.74, 6) is -1.62. The van der Waals surface area contributed by atoms with Crippen LogP contribution < -0.4 is 10.6 Å². The van der Waals surface area contributed by atoms with Crippen LogP contribution in [-0.4, -0.2) is 54.3 Å². The molecule has 1 aliphatic carbocycles. The van der Waals surface area contributed by atoms with Gasteiger partial charge in [0.05, 0.1) is 29.2 Å². The van der Waals surface area contributed by atoms with Crippen LogP contribution in [0.25, 0.3) is 0 Å². The van der Waals surface area contributed by atoms with Gasteiger partial charge in [0.25, 0.3) is 5.91 Å². The summed E-state index contributed by atoms with van der Waals surface area (Å²) >= 11 is 0. The minimum absolute atomic E-state index is 0.0176. The van der Waals surface area contributed by atoms with Crippen molar-refractivity contribution in [3.8, 4) is 0 Å². The molecule has 164 valence electrons. The molecule has 4 rings (SSSR count). The van der Waals surface area contributed by atoms with Crippen molar-refractivity contribution in [2.24, 2.45) is 11.8 Å². The third-order valence-corrected chi connectivity index (χ3v) is 6.12. The topological polar surface area (TPSA) is 105 Å². The number of benzene rings is 1. The maximum Gasteiger partial charge on any atom is 0.253 e. The molecule has 1 aromatic rings. The summed E-state index contributed by atoms with van der Waals surface area (Å²) in [7, 11) is 0. The average Bonchev–Trinajstić information content (AvgIpc) is 3.39. The molecule has 31 heavy (non-hydrogen) atoms. The van der Waals surface area contributed by atoms with Gasteiger partial charge in [0.15, 0.2) is 0 Å². The van der Waals surface area contributed by atoms with Crippen LogP contribution in [0, 0.1) is 11.8 Å². The molecule has 4 amide bonds.